The van der Waals surface area contributed by atoms with E-state index in [0.29, 0.717) is 9.77 Å². The summed E-state index contributed by atoms with van der Waals surface area (Å²) in [5.41, 5.74) is 5.28. The van der Waals surface area contributed by atoms with Crippen LogP contribution in [-0.4, -0.2) is 14.0 Å². The fraction of sp³-hybridized carbons (Fsp3) is 0.467. The summed E-state index contributed by atoms with van der Waals surface area (Å²) in [6.07, 6.45) is 1.70. The molecule has 0 saturated heterocycles. The van der Waals surface area contributed by atoms with Crippen LogP contribution in [0, 0.1) is 0 Å². The zero-order valence-electron chi connectivity index (χ0n) is 12.6. The third-order valence-electron chi connectivity index (χ3n) is 3.36. The highest BCUT2D eigenvalue weighted by Crippen LogP contribution is 2.35. The summed E-state index contributed by atoms with van der Waals surface area (Å²) in [7, 11) is -3.59. The van der Waals surface area contributed by atoms with E-state index in [1.165, 1.54) is 11.3 Å². The van der Waals surface area contributed by atoms with Gasteiger partial charge in [-0.05, 0) is 26.3 Å². The van der Waals surface area contributed by atoms with Crippen molar-refractivity contribution in [3.05, 3.63) is 29.1 Å². The molecule has 0 aliphatic carbocycles. The molecule has 0 unspecified atom stereocenters. The molecule has 2 aromatic rings. The van der Waals surface area contributed by atoms with Crippen molar-refractivity contribution in [2.24, 2.45) is 5.73 Å². The number of hydrogen-bond donors (Lipinski definition) is 2. The van der Waals surface area contributed by atoms with Gasteiger partial charge in [0.25, 0.3) is 0 Å². The predicted octanol–water partition coefficient (Wildman–Crippen LogP) is 3.22. The van der Waals surface area contributed by atoms with Crippen molar-refractivity contribution >= 4 is 31.4 Å². The monoisotopic (exact) mass is 326 g/mol. The first-order valence-electron chi connectivity index (χ1n) is 7.05. The summed E-state index contributed by atoms with van der Waals surface area (Å²) < 4.78 is 29.4. The van der Waals surface area contributed by atoms with E-state index in [0.717, 1.165) is 22.9 Å². The van der Waals surface area contributed by atoms with Gasteiger partial charge in [0.2, 0.25) is 10.0 Å². The minimum absolute atomic E-state index is 0.226. The fourth-order valence-corrected chi connectivity index (χ4v) is 5.87. The molecule has 0 atom stereocenters. The van der Waals surface area contributed by atoms with Crippen LogP contribution in [0.2, 0.25) is 0 Å². The molecule has 0 aliphatic rings. The van der Waals surface area contributed by atoms with E-state index in [-0.39, 0.29) is 6.54 Å². The van der Waals surface area contributed by atoms with Crippen molar-refractivity contribution in [3.63, 3.8) is 0 Å². The molecule has 0 fully saturated rings. The first kappa shape index (κ1) is 16.4. The average molecular weight is 326 g/mol. The first-order chi connectivity index (χ1) is 9.80. The van der Waals surface area contributed by atoms with Gasteiger partial charge in [-0.2, -0.15) is 0 Å². The third kappa shape index (κ3) is 3.45. The number of nitrogens with one attached hydrogen (secondary N) is 1. The summed E-state index contributed by atoms with van der Waals surface area (Å²) in [5, 5.41) is 0.753. The van der Waals surface area contributed by atoms with Gasteiger partial charge in [0.05, 0.1) is 0 Å². The molecule has 116 valence electrons. The van der Waals surface area contributed by atoms with E-state index in [1.54, 1.807) is 0 Å². The van der Waals surface area contributed by atoms with Gasteiger partial charge >= 0.3 is 0 Å². The molecule has 1 heterocycles. The number of nitrogens with two attached hydrogens (primary N) is 1. The van der Waals surface area contributed by atoms with Crippen molar-refractivity contribution in [1.82, 2.24) is 4.72 Å². The Hall–Kier alpha value is -0.950. The maximum Gasteiger partial charge on any atom is 0.242 e. The molecule has 4 nitrogen and oxygen atoms in total. The van der Waals surface area contributed by atoms with Gasteiger partial charge in [-0.3, -0.25) is 0 Å². The summed E-state index contributed by atoms with van der Waals surface area (Å²) in [5.74, 6) is 0. The summed E-state index contributed by atoms with van der Waals surface area (Å²) in [4.78, 5) is 1.05. The van der Waals surface area contributed by atoms with Crippen LogP contribution in [0.1, 0.15) is 38.5 Å². The van der Waals surface area contributed by atoms with Crippen LogP contribution in [0.3, 0.4) is 0 Å². The Morgan fingerprint density at radius 1 is 1.29 bits per heavy atom. The molecule has 0 aliphatic heterocycles. The highest BCUT2D eigenvalue weighted by atomic mass is 32.2. The summed E-state index contributed by atoms with van der Waals surface area (Å²) >= 11 is 1.45. The Balaban J connectivity index is 2.54. The molecule has 1 aromatic carbocycles. The molecule has 2 rings (SSSR count). The maximum atomic E-state index is 12.8. The second kappa shape index (κ2) is 6.04. The number of sulfonamides is 1. The quantitative estimate of drug-likeness (QED) is 0.856. The van der Waals surface area contributed by atoms with E-state index >= 15 is 0 Å². The molecule has 0 amide bonds. The van der Waals surface area contributed by atoms with Gasteiger partial charge in [0.15, 0.2) is 0 Å². The second-order valence-corrected chi connectivity index (χ2v) is 8.55. The van der Waals surface area contributed by atoms with Crippen molar-refractivity contribution in [3.8, 4) is 0 Å². The molecule has 21 heavy (non-hydrogen) atoms. The standard InChI is InChI=1S/C15H22N2O2S2/c1-4-9-15(2,3)17-21(18,19)14-11-7-5-6-8-12(11)20-13(14)10-16/h5-8,17H,4,9-10,16H2,1-3H3. The fourth-order valence-electron chi connectivity index (χ4n) is 2.59. The van der Waals surface area contributed by atoms with E-state index in [9.17, 15) is 8.42 Å². The maximum absolute atomic E-state index is 12.8. The van der Waals surface area contributed by atoms with Crippen LogP contribution < -0.4 is 10.5 Å². The van der Waals surface area contributed by atoms with Crippen LogP contribution >= 0.6 is 11.3 Å². The van der Waals surface area contributed by atoms with Gasteiger partial charge in [-0.15, -0.1) is 11.3 Å². The smallest absolute Gasteiger partial charge is 0.242 e. The van der Waals surface area contributed by atoms with Crippen LogP contribution in [-0.2, 0) is 16.6 Å². The molecule has 0 bridgehead atoms. The Kier molecular flexibility index (Phi) is 4.72. The Labute approximate surface area is 130 Å². The van der Waals surface area contributed by atoms with Gasteiger partial charge in [0, 0.05) is 27.0 Å². The van der Waals surface area contributed by atoms with Crippen LogP contribution in [0.5, 0.6) is 0 Å². The molecule has 0 spiro atoms. The van der Waals surface area contributed by atoms with Crippen molar-refractivity contribution in [2.45, 2.75) is 50.6 Å². The average Bonchev–Trinajstić information content (AvgIpc) is 2.76. The molecule has 0 saturated carbocycles. The molecule has 3 N–H and O–H groups in total. The van der Waals surface area contributed by atoms with Gasteiger partial charge in [0.1, 0.15) is 4.90 Å². The lowest BCUT2D eigenvalue weighted by atomic mass is 10.0. The lowest BCUT2D eigenvalue weighted by molar-refractivity contribution is 0.418. The number of thiophene rings is 1. The highest BCUT2D eigenvalue weighted by Gasteiger charge is 2.29. The Morgan fingerprint density at radius 2 is 1.95 bits per heavy atom. The minimum atomic E-state index is -3.59. The van der Waals surface area contributed by atoms with E-state index in [1.807, 2.05) is 45.0 Å². The molecule has 1 aromatic heterocycles. The predicted molar refractivity (Wildman–Crippen MR) is 89.0 cm³/mol. The lowest BCUT2D eigenvalue weighted by Crippen LogP contribution is -2.43. The second-order valence-electron chi connectivity index (χ2n) is 5.79. The first-order valence-corrected chi connectivity index (χ1v) is 9.35. The molecule has 0 radical (unpaired) electrons. The van der Waals surface area contributed by atoms with Crippen molar-refractivity contribution in [1.29, 1.82) is 0 Å². The number of hydrogen-bond acceptors (Lipinski definition) is 4. The van der Waals surface area contributed by atoms with Crippen molar-refractivity contribution < 1.29 is 8.42 Å². The van der Waals surface area contributed by atoms with Crippen LogP contribution in [0.25, 0.3) is 10.1 Å². The SMILES string of the molecule is CCCC(C)(C)NS(=O)(=O)c1c(CN)sc2ccccc12. The Bertz CT molecular complexity index is 733. The molecular formula is C15H22N2O2S2. The molecular weight excluding hydrogens is 304 g/mol. The number of fused-ring (bicyclic) bond motifs is 1. The topological polar surface area (TPSA) is 72.2 Å². The van der Waals surface area contributed by atoms with Gasteiger partial charge in [-0.25, -0.2) is 13.1 Å². The third-order valence-corrected chi connectivity index (χ3v) is 6.51. The normalized spacial score (nSPS) is 13.0. The van der Waals surface area contributed by atoms with E-state index in [4.69, 9.17) is 5.73 Å². The molecule has 6 heteroatoms. The van der Waals surface area contributed by atoms with Gasteiger partial charge < -0.3 is 5.73 Å². The minimum Gasteiger partial charge on any atom is -0.326 e. The number of rotatable bonds is 6. The van der Waals surface area contributed by atoms with Crippen LogP contribution in [0.15, 0.2) is 29.2 Å². The number of benzene rings is 1. The largest absolute Gasteiger partial charge is 0.326 e. The zero-order valence-corrected chi connectivity index (χ0v) is 14.3. The summed E-state index contributed by atoms with van der Waals surface area (Å²) in [6, 6.07) is 7.53. The zero-order chi connectivity index (χ0) is 15.7. The summed E-state index contributed by atoms with van der Waals surface area (Å²) in [6.45, 7) is 6.08. The highest BCUT2D eigenvalue weighted by molar-refractivity contribution is 7.90. The Morgan fingerprint density at radius 3 is 2.57 bits per heavy atom. The van der Waals surface area contributed by atoms with Gasteiger partial charge in [-0.1, -0.05) is 31.5 Å². The van der Waals surface area contributed by atoms with Crippen molar-refractivity contribution in [2.75, 3.05) is 0 Å². The lowest BCUT2D eigenvalue weighted by Gasteiger charge is -2.25. The van der Waals surface area contributed by atoms with E-state index in [2.05, 4.69) is 4.72 Å². The van der Waals surface area contributed by atoms with E-state index < -0.39 is 15.6 Å². The van der Waals surface area contributed by atoms with Crippen LogP contribution in [0.4, 0.5) is 0 Å².